The van der Waals surface area contributed by atoms with Crippen molar-refractivity contribution in [2.24, 2.45) is 0 Å². The van der Waals surface area contributed by atoms with Gasteiger partial charge in [0.15, 0.2) is 0 Å². The minimum Gasteiger partial charge on any atom is -0.396 e. The van der Waals surface area contributed by atoms with Gasteiger partial charge >= 0.3 is 6.03 Å². The lowest BCUT2D eigenvalue weighted by atomic mass is 10.3. The van der Waals surface area contributed by atoms with E-state index < -0.39 is 0 Å². The van der Waals surface area contributed by atoms with Gasteiger partial charge in [0.25, 0.3) is 0 Å². The van der Waals surface area contributed by atoms with E-state index in [4.69, 9.17) is 15.3 Å². The number of urea groups is 1. The van der Waals surface area contributed by atoms with Gasteiger partial charge < -0.3 is 25.5 Å². The molecule has 0 fully saturated rings. The predicted octanol–water partition coefficient (Wildman–Crippen LogP) is -0.855. The second-order valence-electron chi connectivity index (χ2n) is 3.45. The molecule has 0 saturated carbocycles. The lowest BCUT2D eigenvalue weighted by molar-refractivity contribution is 0.180. The molecule has 6 nitrogen and oxygen atoms in total. The van der Waals surface area contributed by atoms with Crippen LogP contribution in [0.4, 0.5) is 4.79 Å². The van der Waals surface area contributed by atoms with Crippen molar-refractivity contribution in [2.45, 2.75) is 19.3 Å². The predicted molar refractivity (Wildman–Crippen MR) is 60.1 cm³/mol. The fraction of sp³-hybridized carbons (Fsp3) is 0.900. The van der Waals surface area contributed by atoms with Crippen molar-refractivity contribution in [1.82, 2.24) is 10.2 Å². The molecule has 0 rings (SSSR count). The van der Waals surface area contributed by atoms with E-state index in [0.717, 1.165) is 0 Å². The van der Waals surface area contributed by atoms with E-state index in [-0.39, 0.29) is 25.9 Å². The largest absolute Gasteiger partial charge is 0.396 e. The van der Waals surface area contributed by atoms with Gasteiger partial charge in [-0.05, 0) is 19.3 Å². The van der Waals surface area contributed by atoms with Crippen molar-refractivity contribution >= 4 is 6.03 Å². The fourth-order valence-corrected chi connectivity index (χ4v) is 1.22. The summed E-state index contributed by atoms with van der Waals surface area (Å²) in [5.41, 5.74) is 0. The van der Waals surface area contributed by atoms with E-state index in [1.165, 1.54) is 0 Å². The van der Waals surface area contributed by atoms with E-state index in [9.17, 15) is 4.79 Å². The molecule has 96 valence electrons. The number of aliphatic hydroxyl groups is 3. The number of hydrogen-bond donors (Lipinski definition) is 4. The van der Waals surface area contributed by atoms with Gasteiger partial charge in [-0.25, -0.2) is 4.79 Å². The maximum absolute atomic E-state index is 11.6. The second-order valence-corrected chi connectivity index (χ2v) is 3.45. The molecule has 0 unspecified atom stereocenters. The van der Waals surface area contributed by atoms with Crippen LogP contribution in [0.5, 0.6) is 0 Å². The molecule has 0 aliphatic heterocycles. The van der Waals surface area contributed by atoms with Crippen LogP contribution in [-0.4, -0.2) is 65.7 Å². The van der Waals surface area contributed by atoms with E-state index >= 15 is 0 Å². The first-order valence-corrected chi connectivity index (χ1v) is 5.61. The molecule has 0 spiro atoms. The van der Waals surface area contributed by atoms with Crippen molar-refractivity contribution in [1.29, 1.82) is 0 Å². The van der Waals surface area contributed by atoms with Crippen LogP contribution in [0.15, 0.2) is 0 Å². The average Bonchev–Trinajstić information content (AvgIpc) is 2.29. The highest BCUT2D eigenvalue weighted by molar-refractivity contribution is 5.74. The van der Waals surface area contributed by atoms with Crippen molar-refractivity contribution in [3.63, 3.8) is 0 Å². The molecule has 0 radical (unpaired) electrons. The van der Waals surface area contributed by atoms with Gasteiger partial charge in [0.2, 0.25) is 0 Å². The average molecular weight is 234 g/mol. The summed E-state index contributed by atoms with van der Waals surface area (Å²) >= 11 is 0. The van der Waals surface area contributed by atoms with Crippen LogP contribution in [0.1, 0.15) is 19.3 Å². The van der Waals surface area contributed by atoms with E-state index in [1.807, 2.05) is 0 Å². The van der Waals surface area contributed by atoms with Gasteiger partial charge in [0.05, 0.1) is 0 Å². The summed E-state index contributed by atoms with van der Waals surface area (Å²) in [6.45, 7) is 1.51. The van der Waals surface area contributed by atoms with Crippen LogP contribution in [0, 0.1) is 0 Å². The van der Waals surface area contributed by atoms with Crippen LogP contribution in [0.2, 0.25) is 0 Å². The number of rotatable bonds is 9. The highest BCUT2D eigenvalue weighted by Gasteiger charge is 2.11. The van der Waals surface area contributed by atoms with Crippen LogP contribution >= 0.6 is 0 Å². The maximum atomic E-state index is 11.6. The molecule has 0 aromatic heterocycles. The summed E-state index contributed by atoms with van der Waals surface area (Å²) in [6, 6.07) is -0.213. The topological polar surface area (TPSA) is 93.0 Å². The van der Waals surface area contributed by atoms with Crippen LogP contribution < -0.4 is 5.32 Å². The molecule has 0 aliphatic rings. The van der Waals surface area contributed by atoms with Gasteiger partial charge in [-0.15, -0.1) is 0 Å². The molecule has 4 N–H and O–H groups in total. The van der Waals surface area contributed by atoms with Crippen LogP contribution in [0.3, 0.4) is 0 Å². The molecule has 6 heteroatoms. The first-order chi connectivity index (χ1) is 7.76. The number of amides is 2. The molecule has 0 heterocycles. The first-order valence-electron chi connectivity index (χ1n) is 5.61. The Morgan fingerprint density at radius 1 is 0.938 bits per heavy atom. The van der Waals surface area contributed by atoms with Gasteiger partial charge in [0.1, 0.15) is 0 Å². The number of nitrogens with zero attached hydrogens (tertiary/aromatic N) is 1. The number of carbonyl (C=O) groups excluding carboxylic acids is 1. The molecule has 0 saturated heterocycles. The summed E-state index contributed by atoms with van der Waals surface area (Å²) in [5.74, 6) is 0. The molecule has 0 aromatic carbocycles. The van der Waals surface area contributed by atoms with E-state index in [2.05, 4.69) is 5.32 Å². The number of aliphatic hydroxyl groups excluding tert-OH is 3. The smallest absolute Gasteiger partial charge is 0.317 e. The first kappa shape index (κ1) is 15.2. The van der Waals surface area contributed by atoms with Crippen LogP contribution in [0.25, 0.3) is 0 Å². The summed E-state index contributed by atoms with van der Waals surface area (Å²) in [4.78, 5) is 13.2. The molecular formula is C10H22N2O4. The monoisotopic (exact) mass is 234 g/mol. The second kappa shape index (κ2) is 10.7. The van der Waals surface area contributed by atoms with Crippen molar-refractivity contribution in [3.8, 4) is 0 Å². The Labute approximate surface area is 95.9 Å². The minimum atomic E-state index is -0.213. The Morgan fingerprint density at radius 2 is 1.44 bits per heavy atom. The van der Waals surface area contributed by atoms with Crippen molar-refractivity contribution < 1.29 is 20.1 Å². The molecule has 0 bridgehead atoms. The quantitative estimate of drug-likeness (QED) is 0.391. The molecule has 0 aliphatic carbocycles. The SMILES string of the molecule is O=C(NCCCO)N(CCCO)CCCO. The van der Waals surface area contributed by atoms with Gasteiger partial charge in [-0.3, -0.25) is 0 Å². The lowest BCUT2D eigenvalue weighted by Crippen LogP contribution is -2.42. The third kappa shape index (κ3) is 7.44. The van der Waals surface area contributed by atoms with E-state index in [1.54, 1.807) is 4.90 Å². The minimum absolute atomic E-state index is 0.0412. The van der Waals surface area contributed by atoms with Crippen molar-refractivity contribution in [2.75, 3.05) is 39.5 Å². The molecule has 0 aromatic rings. The third-order valence-electron chi connectivity index (χ3n) is 2.07. The zero-order valence-electron chi connectivity index (χ0n) is 9.56. The van der Waals surface area contributed by atoms with E-state index in [0.29, 0.717) is 38.9 Å². The Hall–Kier alpha value is -0.850. The number of carbonyl (C=O) groups is 1. The maximum Gasteiger partial charge on any atom is 0.317 e. The number of nitrogens with one attached hydrogen (secondary N) is 1. The van der Waals surface area contributed by atoms with Crippen LogP contribution in [-0.2, 0) is 0 Å². The summed E-state index contributed by atoms with van der Waals surface area (Å²) in [6.07, 6.45) is 1.58. The number of hydrogen-bond acceptors (Lipinski definition) is 4. The Kier molecular flexibility index (Phi) is 10.1. The Balaban J connectivity index is 3.88. The van der Waals surface area contributed by atoms with Gasteiger partial charge in [-0.1, -0.05) is 0 Å². The van der Waals surface area contributed by atoms with Gasteiger partial charge in [0, 0.05) is 39.5 Å². The van der Waals surface area contributed by atoms with Crippen molar-refractivity contribution in [3.05, 3.63) is 0 Å². The normalized spacial score (nSPS) is 10.2. The standard InChI is InChI=1S/C10H22N2O4/c13-7-1-4-11-10(16)12(5-2-8-14)6-3-9-15/h13-15H,1-9H2,(H,11,16). The molecule has 2 amide bonds. The molecule has 0 atom stereocenters. The highest BCUT2D eigenvalue weighted by Crippen LogP contribution is 1.95. The Bertz CT molecular complexity index is 170. The molecule has 16 heavy (non-hydrogen) atoms. The molecular weight excluding hydrogens is 212 g/mol. The Morgan fingerprint density at radius 3 is 1.88 bits per heavy atom. The fourth-order valence-electron chi connectivity index (χ4n) is 1.22. The van der Waals surface area contributed by atoms with Gasteiger partial charge in [-0.2, -0.15) is 0 Å². The zero-order valence-corrected chi connectivity index (χ0v) is 9.56. The lowest BCUT2D eigenvalue weighted by Gasteiger charge is -2.22. The highest BCUT2D eigenvalue weighted by atomic mass is 16.3. The summed E-state index contributed by atoms with van der Waals surface area (Å²) in [7, 11) is 0. The zero-order chi connectivity index (χ0) is 12.2. The third-order valence-corrected chi connectivity index (χ3v) is 2.07. The summed E-state index contributed by atoms with van der Waals surface area (Å²) in [5, 5.41) is 28.6. The summed E-state index contributed by atoms with van der Waals surface area (Å²) < 4.78 is 0.